The first kappa shape index (κ1) is 22.5. The molecule has 1 aliphatic carbocycles. The van der Waals surface area contributed by atoms with Gasteiger partial charge in [-0.25, -0.2) is 4.39 Å². The van der Waals surface area contributed by atoms with Crippen LogP contribution in [0.15, 0.2) is 60.0 Å². The van der Waals surface area contributed by atoms with Crippen molar-refractivity contribution >= 4 is 17.5 Å². The molecule has 5 rings (SSSR count). The summed E-state index contributed by atoms with van der Waals surface area (Å²) in [5.74, 6) is 0.998. The van der Waals surface area contributed by atoms with Crippen LogP contribution in [0.1, 0.15) is 46.2 Å². The summed E-state index contributed by atoms with van der Waals surface area (Å²) in [7, 11) is 0. The van der Waals surface area contributed by atoms with E-state index in [1.165, 1.54) is 23.9 Å². The van der Waals surface area contributed by atoms with Gasteiger partial charge in [0.25, 0.3) is 0 Å². The van der Waals surface area contributed by atoms with Crippen LogP contribution in [-0.2, 0) is 13.0 Å². The van der Waals surface area contributed by atoms with Crippen LogP contribution >= 0.6 is 11.8 Å². The lowest BCUT2D eigenvalue weighted by atomic mass is 10.1. The van der Waals surface area contributed by atoms with Crippen LogP contribution in [0.25, 0.3) is 11.4 Å². The lowest BCUT2D eigenvalue weighted by Crippen LogP contribution is -2.09. The first-order chi connectivity index (χ1) is 16.5. The third kappa shape index (κ3) is 4.68. The predicted molar refractivity (Wildman–Crippen MR) is 131 cm³/mol. The van der Waals surface area contributed by atoms with E-state index in [0.717, 1.165) is 64.9 Å². The van der Waals surface area contributed by atoms with Crippen molar-refractivity contribution in [2.24, 2.45) is 0 Å². The summed E-state index contributed by atoms with van der Waals surface area (Å²) in [4.78, 5) is 17.2. The number of rotatable bonds is 9. The molecule has 0 aliphatic heterocycles. The highest BCUT2D eigenvalue weighted by atomic mass is 32.2. The molecule has 0 bridgehead atoms. The molecule has 1 saturated carbocycles. The highest BCUT2D eigenvalue weighted by Gasteiger charge is 2.30. The van der Waals surface area contributed by atoms with Crippen molar-refractivity contribution in [3.8, 4) is 11.4 Å². The monoisotopic (exact) mass is 475 g/mol. The number of carbonyl (C=O) groups excluding carboxylic acids is 1. The van der Waals surface area contributed by atoms with Gasteiger partial charge in [-0.3, -0.25) is 14.3 Å². The molecule has 4 aromatic rings. The molecule has 6 nitrogen and oxygen atoms in total. The molecule has 0 radical (unpaired) electrons. The van der Waals surface area contributed by atoms with Gasteiger partial charge in [0, 0.05) is 47.5 Å². The van der Waals surface area contributed by atoms with E-state index >= 15 is 0 Å². The third-order valence-corrected chi connectivity index (χ3v) is 7.20. The summed E-state index contributed by atoms with van der Waals surface area (Å²) in [6.45, 7) is 4.76. The molecule has 0 atom stereocenters. The van der Waals surface area contributed by atoms with Crippen LogP contribution in [-0.4, -0.2) is 35.9 Å². The van der Waals surface area contributed by atoms with Gasteiger partial charge in [-0.2, -0.15) is 0 Å². The average molecular weight is 476 g/mol. The van der Waals surface area contributed by atoms with E-state index in [1.807, 2.05) is 44.2 Å². The maximum absolute atomic E-state index is 13.2. The smallest absolute Gasteiger partial charge is 0.192 e. The molecule has 0 spiro atoms. The summed E-state index contributed by atoms with van der Waals surface area (Å²) in [6, 6.07) is 12.8. The molecule has 0 amide bonds. The number of nitrogens with zero attached hydrogens (tertiary/aromatic N) is 5. The number of thioether (sulfide) groups is 1. The number of hydrogen-bond acceptors (Lipinski definition) is 5. The van der Waals surface area contributed by atoms with Crippen LogP contribution in [0.4, 0.5) is 4.39 Å². The zero-order valence-corrected chi connectivity index (χ0v) is 20.1. The minimum Gasteiger partial charge on any atom is -0.348 e. The maximum Gasteiger partial charge on any atom is 0.192 e. The van der Waals surface area contributed by atoms with Gasteiger partial charge in [-0.1, -0.05) is 23.9 Å². The zero-order chi connectivity index (χ0) is 23.7. The fourth-order valence-corrected chi connectivity index (χ4v) is 5.15. The number of benzene rings is 1. The fourth-order valence-electron chi connectivity index (χ4n) is 4.26. The molecule has 3 aromatic heterocycles. The highest BCUT2D eigenvalue weighted by Crippen LogP contribution is 2.41. The molecule has 174 valence electrons. The van der Waals surface area contributed by atoms with E-state index in [0.29, 0.717) is 11.8 Å². The zero-order valence-electron chi connectivity index (χ0n) is 19.2. The van der Waals surface area contributed by atoms with Gasteiger partial charge >= 0.3 is 0 Å². The van der Waals surface area contributed by atoms with E-state index in [-0.39, 0.29) is 11.6 Å². The van der Waals surface area contributed by atoms with Crippen molar-refractivity contribution < 1.29 is 9.18 Å². The van der Waals surface area contributed by atoms with Crippen LogP contribution in [0, 0.1) is 19.7 Å². The number of hydrogen-bond donors (Lipinski definition) is 0. The quantitative estimate of drug-likeness (QED) is 0.238. The third-order valence-electron chi connectivity index (χ3n) is 6.26. The molecule has 1 aromatic carbocycles. The SMILES string of the molecule is Cc1cc(C(=O)CSc2nnc(-c3ccncc3)n2C2CC2)c(C)n1CCc1ccc(F)cc1. The Morgan fingerprint density at radius 2 is 1.82 bits per heavy atom. The fraction of sp³-hybridized carbons (Fsp3) is 0.308. The van der Waals surface area contributed by atoms with Gasteiger partial charge in [0.1, 0.15) is 5.82 Å². The lowest BCUT2D eigenvalue weighted by molar-refractivity contribution is 0.102. The van der Waals surface area contributed by atoms with Crippen molar-refractivity contribution in [2.75, 3.05) is 5.75 Å². The molecule has 0 N–H and O–H groups in total. The summed E-state index contributed by atoms with van der Waals surface area (Å²) >= 11 is 1.45. The normalized spacial score (nSPS) is 13.4. The second kappa shape index (κ2) is 9.54. The Labute approximate surface area is 202 Å². The Hall–Kier alpha value is -3.26. The van der Waals surface area contributed by atoms with E-state index in [4.69, 9.17) is 0 Å². The number of aryl methyl sites for hydroxylation is 2. The van der Waals surface area contributed by atoms with Crippen molar-refractivity contribution in [1.29, 1.82) is 0 Å². The van der Waals surface area contributed by atoms with Gasteiger partial charge in [0.2, 0.25) is 0 Å². The van der Waals surface area contributed by atoms with Crippen LogP contribution < -0.4 is 0 Å². The Bertz CT molecular complexity index is 1310. The summed E-state index contributed by atoms with van der Waals surface area (Å²) in [6.07, 6.45) is 6.49. The molecule has 1 fully saturated rings. The highest BCUT2D eigenvalue weighted by molar-refractivity contribution is 7.99. The van der Waals surface area contributed by atoms with Crippen LogP contribution in [0.2, 0.25) is 0 Å². The largest absolute Gasteiger partial charge is 0.348 e. The van der Waals surface area contributed by atoms with Crippen molar-refractivity contribution in [3.05, 3.63) is 83.2 Å². The number of halogens is 1. The molecular weight excluding hydrogens is 449 g/mol. The summed E-state index contributed by atoms with van der Waals surface area (Å²) < 4.78 is 17.5. The standard InChI is InChI=1S/C26H26FN5OS/c1-17-15-23(18(2)31(17)14-11-19-3-5-21(27)6-4-19)24(33)16-34-26-30-29-25(32(26)22-7-8-22)20-9-12-28-13-10-20/h3-6,9-10,12-13,15,22H,7-8,11,14,16H2,1-2H3. The first-order valence-electron chi connectivity index (χ1n) is 11.4. The van der Waals surface area contributed by atoms with Crippen molar-refractivity contribution in [2.45, 2.75) is 50.9 Å². The van der Waals surface area contributed by atoms with E-state index in [1.54, 1.807) is 12.4 Å². The van der Waals surface area contributed by atoms with Crippen molar-refractivity contribution in [1.82, 2.24) is 24.3 Å². The van der Waals surface area contributed by atoms with Gasteiger partial charge < -0.3 is 4.57 Å². The molecule has 0 unspecified atom stereocenters. The Balaban J connectivity index is 1.29. The summed E-state index contributed by atoms with van der Waals surface area (Å²) in [5.41, 5.74) is 4.82. The maximum atomic E-state index is 13.2. The Morgan fingerprint density at radius 3 is 2.53 bits per heavy atom. The topological polar surface area (TPSA) is 65.6 Å². The Morgan fingerprint density at radius 1 is 1.09 bits per heavy atom. The van der Waals surface area contributed by atoms with Crippen LogP contribution in [0.5, 0.6) is 0 Å². The average Bonchev–Trinajstić information content (AvgIpc) is 3.54. The number of pyridine rings is 1. The van der Waals surface area contributed by atoms with Crippen molar-refractivity contribution in [3.63, 3.8) is 0 Å². The van der Waals surface area contributed by atoms with Gasteiger partial charge in [0.15, 0.2) is 16.8 Å². The number of ketones is 1. The molecular formula is C26H26FN5OS. The molecule has 3 heterocycles. The number of Topliss-reactive ketones (excluding diaryl/α,β-unsaturated/α-hetero) is 1. The minimum absolute atomic E-state index is 0.0851. The second-order valence-electron chi connectivity index (χ2n) is 8.67. The minimum atomic E-state index is -0.229. The lowest BCUT2D eigenvalue weighted by Gasteiger charge is -2.10. The molecule has 8 heteroatoms. The molecule has 0 saturated heterocycles. The van der Waals surface area contributed by atoms with E-state index in [9.17, 15) is 9.18 Å². The van der Waals surface area contributed by atoms with E-state index in [2.05, 4.69) is 24.3 Å². The van der Waals surface area contributed by atoms with Gasteiger partial charge in [-0.05, 0) is 69.0 Å². The van der Waals surface area contributed by atoms with Gasteiger partial charge in [0.05, 0.1) is 5.75 Å². The molecule has 34 heavy (non-hydrogen) atoms. The number of aromatic nitrogens is 5. The molecule has 1 aliphatic rings. The first-order valence-corrected chi connectivity index (χ1v) is 12.4. The summed E-state index contributed by atoms with van der Waals surface area (Å²) in [5, 5.41) is 9.61. The van der Waals surface area contributed by atoms with Gasteiger partial charge in [-0.15, -0.1) is 10.2 Å². The Kier molecular flexibility index (Phi) is 6.32. The second-order valence-corrected chi connectivity index (χ2v) is 9.61. The van der Waals surface area contributed by atoms with Crippen LogP contribution in [0.3, 0.4) is 0 Å². The van der Waals surface area contributed by atoms with E-state index < -0.39 is 0 Å². The number of carbonyl (C=O) groups is 1. The predicted octanol–water partition coefficient (Wildman–Crippen LogP) is 5.45.